The molecule has 1 N–H and O–H groups in total. The predicted molar refractivity (Wildman–Crippen MR) is 104 cm³/mol. The molecular weight excluding hydrogens is 382 g/mol. The van der Waals surface area contributed by atoms with Crippen LogP contribution < -0.4 is 5.32 Å². The highest BCUT2D eigenvalue weighted by molar-refractivity contribution is 7.90. The van der Waals surface area contributed by atoms with E-state index in [1.54, 1.807) is 31.2 Å². The van der Waals surface area contributed by atoms with Crippen LogP contribution in [-0.2, 0) is 19.4 Å². The van der Waals surface area contributed by atoms with Crippen molar-refractivity contribution in [2.45, 2.75) is 31.8 Å². The molecule has 0 aliphatic carbocycles. The van der Waals surface area contributed by atoms with Crippen LogP contribution in [0.25, 0.3) is 0 Å². The monoisotopic (exact) mass is 403 g/mol. The summed E-state index contributed by atoms with van der Waals surface area (Å²) in [4.78, 5) is 35.9. The number of aryl methyl sites for hydroxylation is 1. The number of sulfone groups is 1. The van der Waals surface area contributed by atoms with Crippen LogP contribution in [-0.4, -0.2) is 38.4 Å². The molecule has 7 nitrogen and oxygen atoms in total. The predicted octanol–water partition coefficient (Wildman–Crippen LogP) is 2.79. The van der Waals surface area contributed by atoms with Crippen molar-refractivity contribution in [2.24, 2.45) is 0 Å². The fraction of sp³-hybridized carbons (Fsp3) is 0.250. The summed E-state index contributed by atoms with van der Waals surface area (Å²) in [5, 5.41) is 2.59. The van der Waals surface area contributed by atoms with Gasteiger partial charge in [-0.3, -0.25) is 9.59 Å². The van der Waals surface area contributed by atoms with Gasteiger partial charge in [-0.25, -0.2) is 13.2 Å². The van der Waals surface area contributed by atoms with E-state index in [-0.39, 0.29) is 16.2 Å². The Balaban J connectivity index is 2.09. The lowest BCUT2D eigenvalue weighted by Gasteiger charge is -2.15. The number of carbonyl (C=O) groups is 3. The Morgan fingerprint density at radius 3 is 2.18 bits per heavy atom. The summed E-state index contributed by atoms with van der Waals surface area (Å²) in [6, 6.07) is 10.4. The zero-order chi connectivity index (χ0) is 21.1. The molecule has 0 aliphatic rings. The number of hydrogen-bond donors (Lipinski definition) is 1. The first-order valence-electron chi connectivity index (χ1n) is 8.42. The first-order chi connectivity index (χ1) is 13.0. The van der Waals surface area contributed by atoms with E-state index in [0.29, 0.717) is 16.8 Å². The van der Waals surface area contributed by atoms with Gasteiger partial charge in [-0.15, -0.1) is 0 Å². The van der Waals surface area contributed by atoms with E-state index in [4.69, 9.17) is 4.74 Å². The average molecular weight is 403 g/mol. The van der Waals surface area contributed by atoms with E-state index in [1.807, 2.05) is 0 Å². The number of hydrogen-bond acceptors (Lipinski definition) is 6. The quantitative estimate of drug-likeness (QED) is 0.587. The zero-order valence-corrected chi connectivity index (χ0v) is 16.8. The number of ether oxygens (including phenoxy) is 1. The first-order valence-corrected chi connectivity index (χ1v) is 10.3. The number of Topliss-reactive ketones (excluding diaryl/α,β-unsaturated/α-hetero) is 1. The van der Waals surface area contributed by atoms with Gasteiger partial charge in [-0.1, -0.05) is 6.07 Å². The van der Waals surface area contributed by atoms with E-state index >= 15 is 0 Å². The SMILES string of the molecule is CC(=O)c1ccc(NC(=O)[C@H](C)OC(=O)c2cc(S(C)(=O)=O)ccc2C)cc1. The van der Waals surface area contributed by atoms with E-state index < -0.39 is 27.8 Å². The minimum atomic E-state index is -3.48. The molecule has 28 heavy (non-hydrogen) atoms. The summed E-state index contributed by atoms with van der Waals surface area (Å²) in [6.07, 6.45) is -0.0680. The fourth-order valence-corrected chi connectivity index (χ4v) is 3.01. The largest absolute Gasteiger partial charge is 0.449 e. The van der Waals surface area contributed by atoms with E-state index in [9.17, 15) is 22.8 Å². The minimum Gasteiger partial charge on any atom is -0.449 e. The van der Waals surface area contributed by atoms with Gasteiger partial charge in [0.05, 0.1) is 10.5 Å². The zero-order valence-electron chi connectivity index (χ0n) is 16.0. The van der Waals surface area contributed by atoms with Crippen molar-refractivity contribution in [3.63, 3.8) is 0 Å². The number of esters is 1. The van der Waals surface area contributed by atoms with Crippen molar-refractivity contribution >= 4 is 33.2 Å². The normalized spacial score (nSPS) is 12.1. The van der Waals surface area contributed by atoms with Gasteiger partial charge < -0.3 is 10.1 Å². The second-order valence-corrected chi connectivity index (χ2v) is 8.43. The van der Waals surface area contributed by atoms with Gasteiger partial charge in [0, 0.05) is 17.5 Å². The Kier molecular flexibility index (Phi) is 6.35. The fourth-order valence-electron chi connectivity index (χ4n) is 2.36. The van der Waals surface area contributed by atoms with Gasteiger partial charge in [0.1, 0.15) is 0 Å². The Morgan fingerprint density at radius 1 is 1.04 bits per heavy atom. The first kappa shape index (κ1) is 21.3. The smallest absolute Gasteiger partial charge is 0.339 e. The van der Waals surface area contributed by atoms with Gasteiger partial charge in [0.15, 0.2) is 21.7 Å². The Labute approximate surface area is 163 Å². The second-order valence-electron chi connectivity index (χ2n) is 6.42. The molecule has 8 heteroatoms. The molecule has 148 valence electrons. The van der Waals surface area contributed by atoms with E-state index in [0.717, 1.165) is 6.26 Å². The maximum Gasteiger partial charge on any atom is 0.339 e. The van der Waals surface area contributed by atoms with E-state index in [2.05, 4.69) is 5.32 Å². The lowest BCUT2D eigenvalue weighted by Crippen LogP contribution is -2.30. The molecule has 0 saturated heterocycles. The Bertz CT molecular complexity index is 1030. The van der Waals surface area contributed by atoms with Gasteiger partial charge in [-0.2, -0.15) is 0 Å². The van der Waals surface area contributed by atoms with Crippen molar-refractivity contribution in [1.29, 1.82) is 0 Å². The van der Waals surface area contributed by atoms with Gasteiger partial charge in [0.2, 0.25) is 0 Å². The topological polar surface area (TPSA) is 107 Å². The van der Waals surface area contributed by atoms with Crippen molar-refractivity contribution in [3.8, 4) is 0 Å². The van der Waals surface area contributed by atoms with Crippen molar-refractivity contribution in [2.75, 3.05) is 11.6 Å². The van der Waals surface area contributed by atoms with Crippen molar-refractivity contribution in [1.82, 2.24) is 0 Å². The molecular formula is C20H21NO6S. The third-order valence-electron chi connectivity index (χ3n) is 4.07. The summed E-state index contributed by atoms with van der Waals surface area (Å²) in [6.45, 7) is 4.49. The molecule has 0 fully saturated rings. The number of amides is 1. The Morgan fingerprint density at radius 2 is 1.64 bits per heavy atom. The molecule has 0 unspecified atom stereocenters. The van der Waals surface area contributed by atoms with Crippen molar-refractivity contribution in [3.05, 3.63) is 59.2 Å². The molecule has 1 atom stereocenters. The highest BCUT2D eigenvalue weighted by atomic mass is 32.2. The standard InChI is InChI=1S/C20H21NO6S/c1-12-5-10-17(28(4,25)26)11-18(12)20(24)27-14(3)19(23)21-16-8-6-15(7-9-16)13(2)22/h5-11,14H,1-4H3,(H,21,23)/t14-/m0/s1. The molecule has 0 saturated carbocycles. The van der Waals surface area contributed by atoms with Gasteiger partial charge in [0.25, 0.3) is 5.91 Å². The minimum absolute atomic E-state index is 0.00674. The lowest BCUT2D eigenvalue weighted by atomic mass is 10.1. The van der Waals surface area contributed by atoms with Crippen molar-refractivity contribution < 1.29 is 27.5 Å². The summed E-state index contributed by atoms with van der Waals surface area (Å²) in [5.41, 5.74) is 1.57. The molecule has 2 aromatic rings. The van der Waals surface area contributed by atoms with Crippen LogP contribution in [0.1, 0.15) is 40.1 Å². The number of ketones is 1. The number of nitrogens with one attached hydrogen (secondary N) is 1. The van der Waals surface area contributed by atoms with E-state index in [1.165, 1.54) is 32.0 Å². The number of rotatable bonds is 6. The van der Waals surface area contributed by atoms with Gasteiger partial charge in [-0.05, 0) is 62.7 Å². The van der Waals surface area contributed by atoms with Crippen LogP contribution >= 0.6 is 0 Å². The highest BCUT2D eigenvalue weighted by Crippen LogP contribution is 2.18. The number of anilines is 1. The molecule has 0 radical (unpaired) electrons. The number of benzene rings is 2. The second kappa shape index (κ2) is 8.35. The lowest BCUT2D eigenvalue weighted by molar-refractivity contribution is -0.123. The van der Waals surface area contributed by atoms with Crippen LogP contribution in [0.5, 0.6) is 0 Å². The molecule has 0 aliphatic heterocycles. The molecule has 0 spiro atoms. The molecule has 2 rings (SSSR count). The van der Waals surface area contributed by atoms with Crippen LogP contribution in [0.15, 0.2) is 47.4 Å². The third-order valence-corrected chi connectivity index (χ3v) is 5.18. The van der Waals surface area contributed by atoms with Crippen LogP contribution in [0, 0.1) is 6.92 Å². The summed E-state index contributed by atoms with van der Waals surface area (Å²) in [5.74, 6) is -1.44. The van der Waals surface area contributed by atoms with Crippen LogP contribution in [0.4, 0.5) is 5.69 Å². The molecule has 0 heterocycles. The molecule has 0 aromatic heterocycles. The maximum absolute atomic E-state index is 12.4. The molecule has 2 aromatic carbocycles. The Hall–Kier alpha value is -3.00. The van der Waals surface area contributed by atoms with Crippen LogP contribution in [0.2, 0.25) is 0 Å². The summed E-state index contributed by atoms with van der Waals surface area (Å²) in [7, 11) is -3.48. The highest BCUT2D eigenvalue weighted by Gasteiger charge is 2.21. The molecule has 1 amide bonds. The van der Waals surface area contributed by atoms with Gasteiger partial charge >= 0.3 is 5.97 Å². The molecule has 0 bridgehead atoms. The maximum atomic E-state index is 12.4. The summed E-state index contributed by atoms with van der Waals surface area (Å²) < 4.78 is 28.5. The average Bonchev–Trinajstić information content (AvgIpc) is 2.61. The summed E-state index contributed by atoms with van der Waals surface area (Å²) >= 11 is 0. The third kappa shape index (κ3) is 5.26. The van der Waals surface area contributed by atoms with Crippen LogP contribution in [0.3, 0.4) is 0 Å². The number of carbonyl (C=O) groups excluding carboxylic acids is 3.